The van der Waals surface area contributed by atoms with Gasteiger partial charge >= 0.3 is 0 Å². The van der Waals surface area contributed by atoms with Gasteiger partial charge in [-0.05, 0) is 37.2 Å². The lowest BCUT2D eigenvalue weighted by Crippen LogP contribution is -2.28. The fourth-order valence-electron chi connectivity index (χ4n) is 2.74. The summed E-state index contributed by atoms with van der Waals surface area (Å²) in [7, 11) is 0. The number of rotatable bonds is 3. The van der Waals surface area contributed by atoms with Gasteiger partial charge in [-0.15, -0.1) is 11.6 Å². The van der Waals surface area contributed by atoms with Crippen LogP contribution in [-0.4, -0.2) is 11.1 Å². The molecule has 1 aromatic heterocycles. The molecule has 1 saturated carbocycles. The van der Waals surface area contributed by atoms with Gasteiger partial charge in [0, 0.05) is 6.07 Å². The van der Waals surface area contributed by atoms with Crippen LogP contribution in [0.4, 0.5) is 0 Å². The van der Waals surface area contributed by atoms with E-state index in [4.69, 9.17) is 16.3 Å². The summed E-state index contributed by atoms with van der Waals surface area (Å²) in [6, 6.07) is 5.79. The average Bonchev–Trinajstić information content (AvgIpc) is 2.28. The molecule has 17 heavy (non-hydrogen) atoms. The summed E-state index contributed by atoms with van der Waals surface area (Å²) in [4.78, 5) is 4.38. The van der Waals surface area contributed by atoms with Crippen LogP contribution in [-0.2, 0) is 5.88 Å². The minimum absolute atomic E-state index is 0.312. The van der Waals surface area contributed by atoms with Gasteiger partial charge in [0.1, 0.15) is 6.10 Å². The van der Waals surface area contributed by atoms with Crippen molar-refractivity contribution in [1.29, 1.82) is 0 Å². The van der Waals surface area contributed by atoms with E-state index in [0.717, 1.165) is 36.3 Å². The molecule has 2 atom stereocenters. The van der Waals surface area contributed by atoms with Crippen LogP contribution in [0.2, 0.25) is 0 Å². The molecule has 2 nitrogen and oxygen atoms in total. The fourth-order valence-corrected chi connectivity index (χ4v) is 2.89. The number of hydrogen-bond acceptors (Lipinski definition) is 2. The number of ether oxygens (including phenoxy) is 1. The van der Waals surface area contributed by atoms with Crippen LogP contribution < -0.4 is 4.74 Å². The molecule has 0 aliphatic heterocycles. The van der Waals surface area contributed by atoms with E-state index < -0.39 is 0 Å². The van der Waals surface area contributed by atoms with E-state index in [-0.39, 0.29) is 0 Å². The molecule has 0 bridgehead atoms. The van der Waals surface area contributed by atoms with Crippen molar-refractivity contribution < 1.29 is 4.74 Å². The Kier molecular flexibility index (Phi) is 4.27. The molecule has 1 fully saturated rings. The Bertz CT molecular complexity index is 359. The van der Waals surface area contributed by atoms with Crippen LogP contribution in [0, 0.1) is 11.8 Å². The third kappa shape index (κ3) is 3.60. The maximum Gasteiger partial charge on any atom is 0.213 e. The Balaban J connectivity index is 1.99. The highest BCUT2D eigenvalue weighted by Gasteiger charge is 2.25. The highest BCUT2D eigenvalue weighted by molar-refractivity contribution is 6.16. The maximum absolute atomic E-state index is 5.97. The van der Waals surface area contributed by atoms with E-state index in [0.29, 0.717) is 12.0 Å². The number of alkyl halides is 1. The molecule has 2 rings (SSSR count). The predicted octanol–water partition coefficient (Wildman–Crippen LogP) is 4.02. The summed E-state index contributed by atoms with van der Waals surface area (Å²) in [6.45, 7) is 4.60. The second-order valence-electron chi connectivity index (χ2n) is 5.26. The summed E-state index contributed by atoms with van der Waals surface area (Å²) in [5, 5.41) is 0. The van der Waals surface area contributed by atoms with E-state index in [1.54, 1.807) is 0 Å². The van der Waals surface area contributed by atoms with Crippen molar-refractivity contribution in [3.05, 3.63) is 23.9 Å². The van der Waals surface area contributed by atoms with E-state index >= 15 is 0 Å². The molecule has 0 saturated heterocycles. The molecule has 1 aliphatic rings. The smallest absolute Gasteiger partial charge is 0.213 e. The Labute approximate surface area is 108 Å². The Morgan fingerprint density at radius 1 is 1.24 bits per heavy atom. The Morgan fingerprint density at radius 3 is 2.59 bits per heavy atom. The SMILES string of the molecule is CC1CC(C)CC(Oc2cccc(CCl)n2)C1. The zero-order valence-corrected chi connectivity index (χ0v) is 11.3. The van der Waals surface area contributed by atoms with Crippen LogP contribution in [0.15, 0.2) is 18.2 Å². The van der Waals surface area contributed by atoms with Gasteiger partial charge in [-0.1, -0.05) is 19.9 Å². The number of pyridine rings is 1. The van der Waals surface area contributed by atoms with Crippen molar-refractivity contribution in [3.63, 3.8) is 0 Å². The lowest BCUT2D eigenvalue weighted by molar-refractivity contribution is 0.0966. The second kappa shape index (κ2) is 5.72. The lowest BCUT2D eigenvalue weighted by Gasteiger charge is -2.31. The molecular weight excluding hydrogens is 234 g/mol. The fraction of sp³-hybridized carbons (Fsp3) is 0.643. The molecule has 1 heterocycles. The average molecular weight is 254 g/mol. The molecular formula is C14H20ClNO. The first kappa shape index (κ1) is 12.7. The van der Waals surface area contributed by atoms with Crippen molar-refractivity contribution >= 4 is 11.6 Å². The van der Waals surface area contributed by atoms with Gasteiger partial charge in [0.25, 0.3) is 0 Å². The van der Waals surface area contributed by atoms with Crippen molar-refractivity contribution in [1.82, 2.24) is 4.98 Å². The van der Waals surface area contributed by atoms with Crippen LogP contribution in [0.3, 0.4) is 0 Å². The summed E-state index contributed by atoms with van der Waals surface area (Å²) in [6.07, 6.45) is 3.90. The van der Waals surface area contributed by atoms with Crippen molar-refractivity contribution in [3.8, 4) is 5.88 Å². The number of nitrogens with zero attached hydrogens (tertiary/aromatic N) is 1. The molecule has 2 unspecified atom stereocenters. The third-order valence-electron chi connectivity index (χ3n) is 3.34. The van der Waals surface area contributed by atoms with Gasteiger partial charge < -0.3 is 4.74 Å². The monoisotopic (exact) mass is 253 g/mol. The minimum Gasteiger partial charge on any atom is -0.474 e. The zero-order valence-electron chi connectivity index (χ0n) is 10.5. The molecule has 1 aliphatic carbocycles. The van der Waals surface area contributed by atoms with E-state index in [1.807, 2.05) is 18.2 Å². The van der Waals surface area contributed by atoms with Crippen LogP contribution in [0.5, 0.6) is 5.88 Å². The van der Waals surface area contributed by atoms with E-state index in [1.165, 1.54) is 6.42 Å². The lowest BCUT2D eigenvalue weighted by atomic mass is 9.82. The maximum atomic E-state index is 5.97. The topological polar surface area (TPSA) is 22.1 Å². The summed E-state index contributed by atoms with van der Waals surface area (Å²) >= 11 is 5.77. The van der Waals surface area contributed by atoms with Crippen LogP contribution >= 0.6 is 11.6 Å². The standard InChI is InChI=1S/C14H20ClNO/c1-10-6-11(2)8-13(7-10)17-14-5-3-4-12(9-15)16-14/h3-5,10-11,13H,6-9H2,1-2H3. The van der Waals surface area contributed by atoms with Gasteiger partial charge in [0.05, 0.1) is 11.6 Å². The number of hydrogen-bond donors (Lipinski definition) is 0. The van der Waals surface area contributed by atoms with Crippen molar-refractivity contribution in [2.24, 2.45) is 11.8 Å². The zero-order chi connectivity index (χ0) is 12.3. The Morgan fingerprint density at radius 2 is 1.94 bits per heavy atom. The first-order valence-electron chi connectivity index (χ1n) is 6.36. The highest BCUT2D eigenvalue weighted by atomic mass is 35.5. The molecule has 3 heteroatoms. The predicted molar refractivity (Wildman–Crippen MR) is 70.4 cm³/mol. The van der Waals surface area contributed by atoms with E-state index in [2.05, 4.69) is 18.8 Å². The molecule has 0 radical (unpaired) electrons. The van der Waals surface area contributed by atoms with Crippen LogP contribution in [0.25, 0.3) is 0 Å². The van der Waals surface area contributed by atoms with Gasteiger partial charge in [-0.3, -0.25) is 0 Å². The van der Waals surface area contributed by atoms with Crippen LogP contribution in [0.1, 0.15) is 38.8 Å². The van der Waals surface area contributed by atoms with Crippen molar-refractivity contribution in [2.45, 2.75) is 45.1 Å². The van der Waals surface area contributed by atoms with Gasteiger partial charge in [-0.2, -0.15) is 0 Å². The van der Waals surface area contributed by atoms with Crippen molar-refractivity contribution in [2.75, 3.05) is 0 Å². The molecule has 0 N–H and O–H groups in total. The normalized spacial score (nSPS) is 29.0. The van der Waals surface area contributed by atoms with E-state index in [9.17, 15) is 0 Å². The molecule has 1 aromatic rings. The third-order valence-corrected chi connectivity index (χ3v) is 3.61. The molecule has 0 amide bonds. The highest BCUT2D eigenvalue weighted by Crippen LogP contribution is 2.30. The number of halogens is 1. The summed E-state index contributed by atoms with van der Waals surface area (Å²) in [5.74, 6) is 2.66. The minimum atomic E-state index is 0.312. The number of aromatic nitrogens is 1. The molecule has 0 spiro atoms. The van der Waals surface area contributed by atoms with Gasteiger partial charge in [-0.25, -0.2) is 4.98 Å². The van der Waals surface area contributed by atoms with Gasteiger partial charge in [0.15, 0.2) is 0 Å². The Hall–Kier alpha value is -0.760. The molecule has 0 aromatic carbocycles. The molecule has 94 valence electrons. The van der Waals surface area contributed by atoms with Gasteiger partial charge in [0.2, 0.25) is 5.88 Å². The first-order chi connectivity index (χ1) is 8.17. The summed E-state index contributed by atoms with van der Waals surface area (Å²) in [5.41, 5.74) is 0.876. The second-order valence-corrected chi connectivity index (χ2v) is 5.53. The first-order valence-corrected chi connectivity index (χ1v) is 6.89. The largest absolute Gasteiger partial charge is 0.474 e. The quantitative estimate of drug-likeness (QED) is 0.759. The summed E-state index contributed by atoms with van der Waals surface area (Å²) < 4.78 is 5.97.